The minimum atomic E-state index is -1.18. The van der Waals surface area contributed by atoms with Crippen molar-refractivity contribution in [3.63, 3.8) is 0 Å². The van der Waals surface area contributed by atoms with Crippen LogP contribution < -0.4 is 0 Å². The monoisotopic (exact) mass is 301 g/mol. The van der Waals surface area contributed by atoms with Crippen LogP contribution in [0.2, 0.25) is 5.02 Å². The van der Waals surface area contributed by atoms with Gasteiger partial charge in [0.25, 0.3) is 0 Å². The molecule has 20 heavy (non-hydrogen) atoms. The molecular weight excluding hydrogens is 290 g/mol. The minimum absolute atomic E-state index is 0.650. The van der Waals surface area contributed by atoms with E-state index < -0.39 is 5.60 Å². The smallest absolute Gasteiger partial charge is 0.149 e. The van der Waals surface area contributed by atoms with Crippen molar-refractivity contribution in [1.82, 2.24) is 4.98 Å². The van der Waals surface area contributed by atoms with Gasteiger partial charge < -0.3 is 5.11 Å². The normalized spacial score (nSPS) is 13.9. The topological polar surface area (TPSA) is 33.1 Å². The first-order valence-corrected chi connectivity index (χ1v) is 7.40. The second kappa shape index (κ2) is 5.37. The Morgan fingerprint density at radius 1 is 0.950 bits per heavy atom. The lowest BCUT2D eigenvalue weighted by Gasteiger charge is -2.28. The molecule has 1 aromatic carbocycles. The average Bonchev–Trinajstić information content (AvgIpc) is 3.03. The zero-order chi connectivity index (χ0) is 14.0. The fourth-order valence-corrected chi connectivity index (χ4v) is 3.21. The van der Waals surface area contributed by atoms with Crippen LogP contribution in [-0.4, -0.2) is 10.1 Å². The van der Waals surface area contributed by atoms with Crippen molar-refractivity contribution < 1.29 is 5.11 Å². The summed E-state index contributed by atoms with van der Waals surface area (Å²) >= 11 is 7.46. The lowest BCUT2D eigenvalue weighted by atomic mass is 9.85. The van der Waals surface area contributed by atoms with Gasteiger partial charge in [-0.15, -0.1) is 11.3 Å². The van der Waals surface area contributed by atoms with Crippen molar-refractivity contribution >= 4 is 22.9 Å². The van der Waals surface area contributed by atoms with E-state index in [9.17, 15) is 5.11 Å². The number of hydrogen-bond donors (Lipinski definition) is 1. The molecule has 3 aromatic rings. The summed E-state index contributed by atoms with van der Waals surface area (Å²) in [5, 5.41) is 14.0. The van der Waals surface area contributed by atoms with Crippen LogP contribution in [0, 0.1) is 0 Å². The standard InChI is InChI=1S/C16H12ClNOS/c17-14-5-3-12(4-6-14)16(19,15-2-1-11-20-15)13-7-9-18-10-8-13/h1-11,19H. The second-order valence-electron chi connectivity index (χ2n) is 4.43. The molecule has 2 nitrogen and oxygen atoms in total. The van der Waals surface area contributed by atoms with E-state index in [2.05, 4.69) is 4.98 Å². The van der Waals surface area contributed by atoms with Gasteiger partial charge in [0.1, 0.15) is 5.60 Å². The Morgan fingerprint density at radius 3 is 2.20 bits per heavy atom. The zero-order valence-corrected chi connectivity index (χ0v) is 12.1. The number of thiophene rings is 1. The van der Waals surface area contributed by atoms with E-state index in [1.165, 1.54) is 11.3 Å². The Hall–Kier alpha value is -1.68. The first kappa shape index (κ1) is 13.3. The Balaban J connectivity index is 2.21. The van der Waals surface area contributed by atoms with Crippen molar-refractivity contribution in [2.45, 2.75) is 5.60 Å². The second-order valence-corrected chi connectivity index (χ2v) is 5.81. The van der Waals surface area contributed by atoms with Crippen LogP contribution in [0.4, 0.5) is 0 Å². The van der Waals surface area contributed by atoms with E-state index in [0.717, 1.165) is 16.0 Å². The van der Waals surface area contributed by atoms with Gasteiger partial charge in [-0.05, 0) is 46.8 Å². The van der Waals surface area contributed by atoms with Gasteiger partial charge in [0, 0.05) is 22.3 Å². The number of halogens is 1. The Bertz CT molecular complexity index is 682. The number of rotatable bonds is 3. The third kappa shape index (κ3) is 2.24. The number of benzene rings is 1. The van der Waals surface area contributed by atoms with Gasteiger partial charge in [-0.2, -0.15) is 0 Å². The van der Waals surface area contributed by atoms with Crippen LogP contribution in [0.1, 0.15) is 16.0 Å². The highest BCUT2D eigenvalue weighted by atomic mass is 35.5. The zero-order valence-electron chi connectivity index (χ0n) is 10.5. The van der Waals surface area contributed by atoms with E-state index in [1.807, 2.05) is 41.8 Å². The van der Waals surface area contributed by atoms with E-state index >= 15 is 0 Å². The van der Waals surface area contributed by atoms with Gasteiger partial charge in [0.2, 0.25) is 0 Å². The molecule has 2 heterocycles. The summed E-state index contributed by atoms with van der Waals surface area (Å²) in [5.74, 6) is 0. The Morgan fingerprint density at radius 2 is 1.60 bits per heavy atom. The van der Waals surface area contributed by atoms with Crippen molar-refractivity contribution in [2.75, 3.05) is 0 Å². The van der Waals surface area contributed by atoms with Crippen LogP contribution in [0.25, 0.3) is 0 Å². The fraction of sp³-hybridized carbons (Fsp3) is 0.0625. The summed E-state index contributed by atoms with van der Waals surface area (Å²) < 4.78 is 0. The molecule has 3 rings (SSSR count). The number of pyridine rings is 1. The average molecular weight is 302 g/mol. The maximum Gasteiger partial charge on any atom is 0.149 e. The molecule has 2 aromatic heterocycles. The quantitative estimate of drug-likeness (QED) is 0.790. The number of hydrogen-bond acceptors (Lipinski definition) is 3. The van der Waals surface area contributed by atoms with Crippen molar-refractivity contribution in [3.8, 4) is 0 Å². The van der Waals surface area contributed by atoms with Gasteiger partial charge in [-0.3, -0.25) is 4.98 Å². The van der Waals surface area contributed by atoms with Crippen molar-refractivity contribution in [2.24, 2.45) is 0 Å². The van der Waals surface area contributed by atoms with E-state index in [1.54, 1.807) is 24.5 Å². The molecular formula is C16H12ClNOS. The molecule has 0 saturated heterocycles. The largest absolute Gasteiger partial charge is 0.375 e. The summed E-state index contributed by atoms with van der Waals surface area (Å²) in [7, 11) is 0. The lowest BCUT2D eigenvalue weighted by molar-refractivity contribution is 0.129. The molecule has 4 heteroatoms. The van der Waals surface area contributed by atoms with E-state index in [0.29, 0.717) is 5.02 Å². The van der Waals surface area contributed by atoms with Crippen LogP contribution in [0.15, 0.2) is 66.3 Å². The van der Waals surface area contributed by atoms with Crippen LogP contribution in [0.3, 0.4) is 0 Å². The molecule has 0 amide bonds. The molecule has 0 spiro atoms. The molecule has 100 valence electrons. The molecule has 1 atom stereocenters. The highest BCUT2D eigenvalue weighted by Crippen LogP contribution is 2.38. The SMILES string of the molecule is OC(c1ccncc1)(c1ccc(Cl)cc1)c1cccs1. The summed E-state index contributed by atoms with van der Waals surface area (Å²) in [6.07, 6.45) is 3.37. The van der Waals surface area contributed by atoms with Gasteiger partial charge in [0.05, 0.1) is 0 Å². The van der Waals surface area contributed by atoms with Crippen LogP contribution in [-0.2, 0) is 5.60 Å². The molecule has 1 unspecified atom stereocenters. The molecule has 0 saturated carbocycles. The maximum atomic E-state index is 11.3. The predicted molar refractivity (Wildman–Crippen MR) is 82.1 cm³/mol. The Labute approximate surface area is 126 Å². The third-order valence-electron chi connectivity index (χ3n) is 3.24. The van der Waals surface area contributed by atoms with E-state index in [4.69, 9.17) is 11.6 Å². The van der Waals surface area contributed by atoms with E-state index in [-0.39, 0.29) is 0 Å². The number of nitrogens with zero attached hydrogens (tertiary/aromatic N) is 1. The van der Waals surface area contributed by atoms with Crippen molar-refractivity contribution in [1.29, 1.82) is 0 Å². The Kier molecular flexibility index (Phi) is 3.57. The third-order valence-corrected chi connectivity index (χ3v) is 4.47. The molecule has 0 fully saturated rings. The molecule has 0 aliphatic rings. The summed E-state index contributed by atoms with van der Waals surface area (Å²) in [6.45, 7) is 0. The summed E-state index contributed by atoms with van der Waals surface area (Å²) in [5.41, 5.74) is 0.398. The van der Waals surface area contributed by atoms with Crippen LogP contribution in [0.5, 0.6) is 0 Å². The fourth-order valence-electron chi connectivity index (χ4n) is 2.22. The first-order valence-electron chi connectivity index (χ1n) is 6.14. The first-order chi connectivity index (χ1) is 9.71. The van der Waals surface area contributed by atoms with Gasteiger partial charge >= 0.3 is 0 Å². The van der Waals surface area contributed by atoms with Gasteiger partial charge in [0.15, 0.2) is 0 Å². The van der Waals surface area contributed by atoms with Crippen molar-refractivity contribution in [3.05, 3.63) is 87.3 Å². The molecule has 1 N–H and O–H groups in total. The van der Waals surface area contributed by atoms with Gasteiger partial charge in [-0.1, -0.05) is 29.8 Å². The molecule has 0 aliphatic carbocycles. The summed E-state index contributed by atoms with van der Waals surface area (Å²) in [4.78, 5) is 4.89. The highest BCUT2D eigenvalue weighted by Gasteiger charge is 2.34. The molecule has 0 radical (unpaired) electrons. The number of aromatic nitrogens is 1. The minimum Gasteiger partial charge on any atom is -0.375 e. The predicted octanol–water partition coefficient (Wildman–Crippen LogP) is 4.08. The van der Waals surface area contributed by atoms with Crippen LogP contribution >= 0.6 is 22.9 Å². The lowest BCUT2D eigenvalue weighted by Crippen LogP contribution is -2.27. The molecule has 0 aliphatic heterocycles. The number of aliphatic hydroxyl groups is 1. The summed E-state index contributed by atoms with van der Waals surface area (Å²) in [6, 6.07) is 14.8. The maximum absolute atomic E-state index is 11.3. The highest BCUT2D eigenvalue weighted by molar-refractivity contribution is 7.10. The molecule has 0 bridgehead atoms. The van der Waals surface area contributed by atoms with Gasteiger partial charge in [-0.25, -0.2) is 0 Å².